The Labute approximate surface area is 186 Å². The molecule has 2 aromatic carbocycles. The first-order valence-corrected chi connectivity index (χ1v) is 10.5. The molecule has 3 aromatic rings. The van der Waals surface area contributed by atoms with Crippen molar-refractivity contribution in [2.24, 2.45) is 5.92 Å². The average molecular weight is 434 g/mol. The summed E-state index contributed by atoms with van der Waals surface area (Å²) in [6, 6.07) is 14.9. The normalized spacial score (nSPS) is 15.4. The SMILES string of the molecule is COc1cccc(CN(C)C(=O)c2ccc(-n3cc(NC(=O)[C@@H]4CCOC4)cn3)cc2)c1. The highest BCUT2D eigenvalue weighted by atomic mass is 16.5. The molecule has 32 heavy (non-hydrogen) atoms. The van der Waals surface area contributed by atoms with Gasteiger partial charge in [0, 0.05) is 25.8 Å². The summed E-state index contributed by atoms with van der Waals surface area (Å²) in [7, 11) is 3.39. The van der Waals surface area contributed by atoms with Crippen LogP contribution < -0.4 is 10.1 Å². The number of aromatic nitrogens is 2. The Morgan fingerprint density at radius 2 is 2.06 bits per heavy atom. The van der Waals surface area contributed by atoms with Crippen molar-refractivity contribution in [3.63, 3.8) is 0 Å². The van der Waals surface area contributed by atoms with Crippen LogP contribution in [0, 0.1) is 5.92 Å². The average Bonchev–Trinajstić information content (AvgIpc) is 3.51. The van der Waals surface area contributed by atoms with Crippen molar-refractivity contribution in [2.75, 3.05) is 32.7 Å². The lowest BCUT2D eigenvalue weighted by Crippen LogP contribution is -2.26. The van der Waals surface area contributed by atoms with Gasteiger partial charge >= 0.3 is 0 Å². The molecule has 1 N–H and O–H groups in total. The third-order valence-electron chi connectivity index (χ3n) is 5.43. The van der Waals surface area contributed by atoms with Crippen molar-refractivity contribution >= 4 is 17.5 Å². The molecule has 1 aromatic heterocycles. The standard InChI is InChI=1S/C24H26N4O4/c1-27(14-17-4-3-5-22(12-17)31-2)24(30)18-6-8-21(9-7-18)28-15-20(13-25-28)26-23(29)19-10-11-32-16-19/h3-9,12-13,15,19H,10-11,14,16H2,1-2H3,(H,26,29)/t19-/m1/s1. The van der Waals surface area contributed by atoms with Gasteiger partial charge in [-0.3, -0.25) is 9.59 Å². The van der Waals surface area contributed by atoms with E-state index in [2.05, 4.69) is 10.4 Å². The summed E-state index contributed by atoms with van der Waals surface area (Å²) in [4.78, 5) is 26.7. The van der Waals surface area contributed by atoms with E-state index in [4.69, 9.17) is 9.47 Å². The van der Waals surface area contributed by atoms with Crippen LogP contribution in [-0.2, 0) is 16.1 Å². The smallest absolute Gasteiger partial charge is 0.253 e. The minimum Gasteiger partial charge on any atom is -0.497 e. The monoisotopic (exact) mass is 434 g/mol. The van der Waals surface area contributed by atoms with Gasteiger partial charge in [0.15, 0.2) is 0 Å². The van der Waals surface area contributed by atoms with Gasteiger partial charge in [0.05, 0.1) is 43.4 Å². The van der Waals surface area contributed by atoms with Crippen LogP contribution in [0.25, 0.3) is 5.69 Å². The summed E-state index contributed by atoms with van der Waals surface area (Å²) in [6.07, 6.45) is 4.09. The molecule has 8 heteroatoms. The van der Waals surface area contributed by atoms with Crippen molar-refractivity contribution in [3.05, 3.63) is 72.1 Å². The van der Waals surface area contributed by atoms with E-state index in [0.29, 0.717) is 31.0 Å². The number of hydrogen-bond acceptors (Lipinski definition) is 5. The van der Waals surface area contributed by atoms with E-state index in [1.165, 1.54) is 0 Å². The molecule has 2 heterocycles. The largest absolute Gasteiger partial charge is 0.497 e. The lowest BCUT2D eigenvalue weighted by molar-refractivity contribution is -0.119. The Bertz CT molecular complexity index is 1090. The molecule has 0 unspecified atom stereocenters. The second kappa shape index (κ2) is 9.65. The van der Waals surface area contributed by atoms with Crippen LogP contribution in [0.1, 0.15) is 22.3 Å². The number of ether oxygens (including phenoxy) is 2. The van der Waals surface area contributed by atoms with E-state index < -0.39 is 0 Å². The molecular weight excluding hydrogens is 408 g/mol. The van der Waals surface area contributed by atoms with Crippen LogP contribution in [0.5, 0.6) is 5.75 Å². The van der Waals surface area contributed by atoms with Gasteiger partial charge in [-0.2, -0.15) is 5.10 Å². The zero-order valence-corrected chi connectivity index (χ0v) is 18.2. The second-order valence-electron chi connectivity index (χ2n) is 7.78. The fourth-order valence-corrected chi connectivity index (χ4v) is 3.61. The van der Waals surface area contributed by atoms with Gasteiger partial charge < -0.3 is 19.7 Å². The minimum atomic E-state index is -0.113. The van der Waals surface area contributed by atoms with Crippen molar-refractivity contribution in [1.82, 2.24) is 14.7 Å². The fourth-order valence-electron chi connectivity index (χ4n) is 3.61. The van der Waals surface area contributed by atoms with E-state index in [-0.39, 0.29) is 17.7 Å². The van der Waals surface area contributed by atoms with Crippen LogP contribution in [0.2, 0.25) is 0 Å². The van der Waals surface area contributed by atoms with Crippen LogP contribution in [0.4, 0.5) is 5.69 Å². The van der Waals surface area contributed by atoms with E-state index in [0.717, 1.165) is 23.4 Å². The molecule has 8 nitrogen and oxygen atoms in total. The second-order valence-corrected chi connectivity index (χ2v) is 7.78. The molecule has 1 aliphatic heterocycles. The number of anilines is 1. The molecule has 166 valence electrons. The number of carbonyl (C=O) groups excluding carboxylic acids is 2. The predicted octanol–water partition coefficient (Wildman–Crippen LogP) is 3.13. The molecule has 2 amide bonds. The number of rotatable bonds is 7. The van der Waals surface area contributed by atoms with Gasteiger partial charge in [-0.15, -0.1) is 0 Å². The van der Waals surface area contributed by atoms with Gasteiger partial charge in [0.2, 0.25) is 5.91 Å². The molecule has 1 aliphatic rings. The quantitative estimate of drug-likeness (QED) is 0.618. The lowest BCUT2D eigenvalue weighted by Gasteiger charge is -2.18. The van der Waals surface area contributed by atoms with E-state index in [9.17, 15) is 9.59 Å². The first kappa shape index (κ1) is 21.6. The van der Waals surface area contributed by atoms with Gasteiger partial charge in [0.25, 0.3) is 5.91 Å². The van der Waals surface area contributed by atoms with Gasteiger partial charge in [-0.25, -0.2) is 4.68 Å². The number of carbonyl (C=O) groups is 2. The number of nitrogens with zero attached hydrogens (tertiary/aromatic N) is 3. The highest BCUT2D eigenvalue weighted by Crippen LogP contribution is 2.18. The minimum absolute atomic E-state index is 0.0536. The maximum Gasteiger partial charge on any atom is 0.253 e. The number of benzene rings is 2. The molecule has 0 aliphatic carbocycles. The third-order valence-corrected chi connectivity index (χ3v) is 5.43. The molecule has 1 fully saturated rings. The fraction of sp³-hybridized carbons (Fsp3) is 0.292. The van der Waals surface area contributed by atoms with E-state index >= 15 is 0 Å². The number of hydrogen-bond donors (Lipinski definition) is 1. The first-order valence-electron chi connectivity index (χ1n) is 10.5. The van der Waals surface area contributed by atoms with Crippen LogP contribution in [-0.4, -0.2) is 53.9 Å². The molecule has 0 radical (unpaired) electrons. The maximum absolute atomic E-state index is 12.8. The summed E-state index contributed by atoms with van der Waals surface area (Å²) in [5.41, 5.74) is 3.00. The molecule has 0 saturated carbocycles. The third kappa shape index (κ3) is 4.97. The van der Waals surface area contributed by atoms with Gasteiger partial charge in [-0.1, -0.05) is 12.1 Å². The Morgan fingerprint density at radius 3 is 2.78 bits per heavy atom. The molecule has 0 spiro atoms. The molecule has 1 atom stereocenters. The summed E-state index contributed by atoms with van der Waals surface area (Å²) >= 11 is 0. The Kier molecular flexibility index (Phi) is 6.51. The predicted molar refractivity (Wildman–Crippen MR) is 120 cm³/mol. The Morgan fingerprint density at radius 1 is 1.25 bits per heavy atom. The Balaban J connectivity index is 1.38. The molecule has 4 rings (SSSR count). The number of methoxy groups -OCH3 is 1. The van der Waals surface area contributed by atoms with E-state index in [1.807, 2.05) is 36.4 Å². The van der Waals surface area contributed by atoms with Crippen molar-refractivity contribution in [1.29, 1.82) is 0 Å². The highest BCUT2D eigenvalue weighted by Gasteiger charge is 2.23. The highest BCUT2D eigenvalue weighted by molar-refractivity contribution is 5.94. The Hall–Kier alpha value is -3.65. The maximum atomic E-state index is 12.8. The molecule has 1 saturated heterocycles. The van der Waals surface area contributed by atoms with Crippen molar-refractivity contribution < 1.29 is 19.1 Å². The summed E-state index contributed by atoms with van der Waals surface area (Å²) < 4.78 is 12.2. The number of nitrogens with one attached hydrogen (secondary N) is 1. The van der Waals surface area contributed by atoms with Crippen molar-refractivity contribution in [2.45, 2.75) is 13.0 Å². The first-order chi connectivity index (χ1) is 15.5. The van der Waals surface area contributed by atoms with E-state index in [1.54, 1.807) is 48.3 Å². The zero-order chi connectivity index (χ0) is 22.5. The van der Waals surface area contributed by atoms with Crippen molar-refractivity contribution in [3.8, 4) is 11.4 Å². The van der Waals surface area contributed by atoms with Crippen LogP contribution >= 0.6 is 0 Å². The van der Waals surface area contributed by atoms with Gasteiger partial charge in [-0.05, 0) is 48.4 Å². The topological polar surface area (TPSA) is 85.7 Å². The zero-order valence-electron chi connectivity index (χ0n) is 18.2. The lowest BCUT2D eigenvalue weighted by atomic mass is 10.1. The van der Waals surface area contributed by atoms with Crippen LogP contribution in [0.15, 0.2) is 60.9 Å². The van der Waals surface area contributed by atoms with Gasteiger partial charge in [0.1, 0.15) is 5.75 Å². The van der Waals surface area contributed by atoms with Crippen LogP contribution in [0.3, 0.4) is 0 Å². The summed E-state index contributed by atoms with van der Waals surface area (Å²) in [5.74, 6) is 0.519. The summed E-state index contributed by atoms with van der Waals surface area (Å²) in [6.45, 7) is 1.56. The number of amides is 2. The summed E-state index contributed by atoms with van der Waals surface area (Å²) in [5, 5.41) is 7.19. The molecular formula is C24H26N4O4. The molecule has 0 bridgehead atoms.